The Kier molecular flexibility index (Phi) is 3.21. The first-order chi connectivity index (χ1) is 7.93. The molecule has 1 fully saturated rings. The van der Waals surface area contributed by atoms with Gasteiger partial charge in [-0.25, -0.2) is 4.39 Å². The van der Waals surface area contributed by atoms with E-state index in [-0.39, 0.29) is 5.41 Å². The van der Waals surface area contributed by atoms with Crippen molar-refractivity contribution >= 4 is 0 Å². The van der Waals surface area contributed by atoms with Crippen LogP contribution in [0.4, 0.5) is 4.39 Å². The van der Waals surface area contributed by atoms with Gasteiger partial charge in [-0.1, -0.05) is 13.8 Å². The third-order valence-corrected chi connectivity index (χ3v) is 3.93. The summed E-state index contributed by atoms with van der Waals surface area (Å²) in [5.74, 6) is -0.394. The molecular formula is C14H20FNO. The van der Waals surface area contributed by atoms with Crippen molar-refractivity contribution in [2.24, 2.45) is 5.41 Å². The van der Waals surface area contributed by atoms with Gasteiger partial charge in [0.2, 0.25) is 0 Å². The lowest BCUT2D eigenvalue weighted by Gasteiger charge is -2.28. The summed E-state index contributed by atoms with van der Waals surface area (Å²) < 4.78 is 13.7. The molecule has 1 atom stereocenters. The first-order valence-corrected chi connectivity index (χ1v) is 6.25. The van der Waals surface area contributed by atoms with Crippen molar-refractivity contribution in [1.82, 2.24) is 4.98 Å². The Hall–Kier alpha value is -0.960. The molecule has 1 aromatic rings. The smallest absolute Gasteiger partial charge is 0.147 e. The van der Waals surface area contributed by atoms with Crippen molar-refractivity contribution < 1.29 is 9.50 Å². The van der Waals surface area contributed by atoms with Crippen molar-refractivity contribution in [3.63, 3.8) is 0 Å². The second-order valence-electron chi connectivity index (χ2n) is 5.90. The Morgan fingerprint density at radius 3 is 2.71 bits per heavy atom. The van der Waals surface area contributed by atoms with Gasteiger partial charge >= 0.3 is 0 Å². The lowest BCUT2D eigenvalue weighted by molar-refractivity contribution is 0.0145. The maximum absolute atomic E-state index is 13.7. The Balaban J connectivity index is 2.28. The summed E-state index contributed by atoms with van der Waals surface area (Å²) in [6.07, 6.45) is 6.94. The molecule has 0 bridgehead atoms. The number of nitrogens with zero attached hydrogens (tertiary/aromatic N) is 1. The predicted molar refractivity (Wildman–Crippen MR) is 65.0 cm³/mol. The minimum Gasteiger partial charge on any atom is -0.385 e. The van der Waals surface area contributed by atoms with Gasteiger partial charge in [0.25, 0.3) is 0 Å². The fraction of sp³-hybridized carbons (Fsp3) is 0.643. The number of halogens is 1. The van der Waals surface area contributed by atoms with Crippen LogP contribution in [0.3, 0.4) is 0 Å². The molecule has 0 amide bonds. The summed E-state index contributed by atoms with van der Waals surface area (Å²) in [5, 5.41) is 10.7. The van der Waals surface area contributed by atoms with E-state index in [9.17, 15) is 9.50 Å². The van der Waals surface area contributed by atoms with Gasteiger partial charge in [0, 0.05) is 11.8 Å². The highest BCUT2D eigenvalue weighted by atomic mass is 19.1. The summed E-state index contributed by atoms with van der Waals surface area (Å²) in [5.41, 5.74) is -0.361. The van der Waals surface area contributed by atoms with Crippen molar-refractivity contribution in [2.45, 2.75) is 51.6 Å². The SMILES string of the molecule is CC1(C)CCCC(O)(c2ccncc2F)CC1. The van der Waals surface area contributed by atoms with Crippen LogP contribution in [0.2, 0.25) is 0 Å². The van der Waals surface area contributed by atoms with Gasteiger partial charge in [-0.2, -0.15) is 0 Å². The second-order valence-corrected chi connectivity index (χ2v) is 5.90. The number of hydrogen-bond donors (Lipinski definition) is 1. The molecule has 1 unspecified atom stereocenters. The molecule has 0 radical (unpaired) electrons. The van der Waals surface area contributed by atoms with E-state index in [1.54, 1.807) is 12.3 Å². The average molecular weight is 237 g/mol. The topological polar surface area (TPSA) is 33.1 Å². The number of pyridine rings is 1. The molecule has 2 rings (SSSR count). The zero-order valence-electron chi connectivity index (χ0n) is 10.5. The number of rotatable bonds is 1. The van der Waals surface area contributed by atoms with Crippen LogP contribution < -0.4 is 0 Å². The molecule has 17 heavy (non-hydrogen) atoms. The van der Waals surface area contributed by atoms with Crippen LogP contribution in [-0.4, -0.2) is 10.1 Å². The van der Waals surface area contributed by atoms with E-state index in [1.165, 1.54) is 6.20 Å². The molecule has 1 aromatic heterocycles. The highest BCUT2D eigenvalue weighted by Crippen LogP contribution is 2.43. The third kappa shape index (κ3) is 2.65. The average Bonchev–Trinajstić information content (AvgIpc) is 2.40. The van der Waals surface area contributed by atoms with Crippen molar-refractivity contribution in [2.75, 3.05) is 0 Å². The van der Waals surface area contributed by atoms with E-state index in [1.807, 2.05) is 0 Å². The lowest BCUT2D eigenvalue weighted by atomic mass is 9.82. The van der Waals surface area contributed by atoms with Crippen LogP contribution in [0.15, 0.2) is 18.5 Å². The van der Waals surface area contributed by atoms with Gasteiger partial charge in [0.05, 0.1) is 11.8 Å². The molecular weight excluding hydrogens is 217 g/mol. The quantitative estimate of drug-likeness (QED) is 0.759. The monoisotopic (exact) mass is 237 g/mol. The van der Waals surface area contributed by atoms with E-state index in [2.05, 4.69) is 18.8 Å². The molecule has 1 heterocycles. The van der Waals surface area contributed by atoms with E-state index in [0.717, 1.165) is 19.3 Å². The molecule has 2 nitrogen and oxygen atoms in total. The van der Waals surface area contributed by atoms with E-state index < -0.39 is 11.4 Å². The molecule has 94 valence electrons. The number of hydrogen-bond acceptors (Lipinski definition) is 2. The highest BCUT2D eigenvalue weighted by Gasteiger charge is 2.36. The van der Waals surface area contributed by atoms with E-state index in [4.69, 9.17) is 0 Å². The van der Waals surface area contributed by atoms with Crippen LogP contribution >= 0.6 is 0 Å². The second kappa shape index (κ2) is 4.37. The fourth-order valence-electron chi connectivity index (χ4n) is 2.68. The molecule has 1 aliphatic rings. The van der Waals surface area contributed by atoms with Crippen molar-refractivity contribution in [1.29, 1.82) is 0 Å². The number of aromatic nitrogens is 1. The van der Waals surface area contributed by atoms with Crippen molar-refractivity contribution in [3.05, 3.63) is 29.8 Å². The molecule has 1 N–H and O–H groups in total. The van der Waals surface area contributed by atoms with Gasteiger partial charge in [-0.3, -0.25) is 4.98 Å². The van der Waals surface area contributed by atoms with Crippen LogP contribution in [0, 0.1) is 11.2 Å². The molecule has 1 saturated carbocycles. The van der Waals surface area contributed by atoms with Crippen LogP contribution in [0.25, 0.3) is 0 Å². The van der Waals surface area contributed by atoms with E-state index >= 15 is 0 Å². The summed E-state index contributed by atoms with van der Waals surface area (Å²) in [4.78, 5) is 3.74. The summed E-state index contributed by atoms with van der Waals surface area (Å²) >= 11 is 0. The van der Waals surface area contributed by atoms with Gasteiger partial charge in [-0.15, -0.1) is 0 Å². The Morgan fingerprint density at radius 2 is 2.00 bits per heavy atom. The summed E-state index contributed by atoms with van der Waals surface area (Å²) in [6.45, 7) is 4.42. The summed E-state index contributed by atoms with van der Waals surface area (Å²) in [7, 11) is 0. The van der Waals surface area contributed by atoms with E-state index in [0.29, 0.717) is 18.4 Å². The first kappa shape index (κ1) is 12.5. The molecule has 0 aliphatic heterocycles. The lowest BCUT2D eigenvalue weighted by Crippen LogP contribution is -2.26. The maximum atomic E-state index is 13.7. The zero-order valence-corrected chi connectivity index (χ0v) is 10.5. The minimum absolute atomic E-state index is 0.244. The third-order valence-electron chi connectivity index (χ3n) is 3.93. The normalized spacial score (nSPS) is 28.7. The molecule has 0 aromatic carbocycles. The Morgan fingerprint density at radius 1 is 1.24 bits per heavy atom. The maximum Gasteiger partial charge on any atom is 0.147 e. The van der Waals surface area contributed by atoms with Gasteiger partial charge < -0.3 is 5.11 Å². The molecule has 0 saturated heterocycles. The standard InChI is InChI=1S/C14H20FNO/c1-13(2)5-3-6-14(17,8-7-13)11-4-9-16-10-12(11)15/h4,9-10,17H,3,5-8H2,1-2H3. The van der Waals surface area contributed by atoms with Gasteiger partial charge in [-0.05, 0) is 43.6 Å². The fourth-order valence-corrected chi connectivity index (χ4v) is 2.68. The summed E-state index contributed by atoms with van der Waals surface area (Å²) in [6, 6.07) is 1.60. The Bertz CT molecular complexity index is 405. The predicted octanol–water partition coefficient (Wildman–Crippen LogP) is 3.40. The van der Waals surface area contributed by atoms with Crippen molar-refractivity contribution in [3.8, 4) is 0 Å². The minimum atomic E-state index is -1.01. The number of aliphatic hydroxyl groups is 1. The van der Waals surface area contributed by atoms with Gasteiger partial charge in [0.15, 0.2) is 0 Å². The molecule has 1 aliphatic carbocycles. The van der Waals surface area contributed by atoms with Gasteiger partial charge in [0.1, 0.15) is 5.82 Å². The first-order valence-electron chi connectivity index (χ1n) is 6.25. The van der Waals surface area contributed by atoms with Crippen LogP contribution in [0.1, 0.15) is 51.5 Å². The highest BCUT2D eigenvalue weighted by molar-refractivity contribution is 5.21. The largest absolute Gasteiger partial charge is 0.385 e. The Labute approximate surface area is 102 Å². The zero-order chi connectivity index (χ0) is 12.5. The van der Waals surface area contributed by atoms with Crippen LogP contribution in [0.5, 0.6) is 0 Å². The molecule has 0 spiro atoms. The van der Waals surface area contributed by atoms with Crippen LogP contribution in [-0.2, 0) is 5.60 Å². The molecule has 3 heteroatoms.